The summed E-state index contributed by atoms with van der Waals surface area (Å²) in [6.45, 7) is 0. The second kappa shape index (κ2) is 19.3. The second-order valence-corrected chi connectivity index (χ2v) is 21.2. The first-order chi connectivity index (χ1) is 41.9. The van der Waals surface area contributed by atoms with Gasteiger partial charge in [0.1, 0.15) is 34.6 Å². The fourth-order valence-corrected chi connectivity index (χ4v) is 13.2. The van der Waals surface area contributed by atoms with Crippen molar-refractivity contribution in [3.63, 3.8) is 0 Å². The lowest BCUT2D eigenvalue weighted by Crippen LogP contribution is -2.12. The summed E-state index contributed by atoms with van der Waals surface area (Å²) in [6, 6.07) is 87.5. The Hall–Kier alpha value is -11.6. The van der Waals surface area contributed by atoms with E-state index in [1.165, 1.54) is 28.3 Å². The van der Waals surface area contributed by atoms with Gasteiger partial charge in [0, 0.05) is 43.1 Å². The molecule has 0 atom stereocenters. The molecule has 0 bridgehead atoms. The highest BCUT2D eigenvalue weighted by molar-refractivity contribution is 6.20. The minimum Gasteiger partial charge on any atom is -0.454 e. The van der Waals surface area contributed by atoms with Crippen LogP contribution in [0.2, 0.25) is 0 Å². The molecule has 5 heterocycles. The number of hydrogen-bond acceptors (Lipinski definition) is 4. The van der Waals surface area contributed by atoms with E-state index in [0.717, 1.165) is 105 Å². The molecule has 12 aromatic carbocycles. The topological polar surface area (TPSA) is 88.6 Å². The summed E-state index contributed by atoms with van der Waals surface area (Å²) in [7, 11) is 0. The first-order valence-corrected chi connectivity index (χ1v) is 27.8. The van der Waals surface area contributed by atoms with E-state index in [1.807, 2.05) is 18.2 Å². The van der Waals surface area contributed by atoms with Gasteiger partial charge in [0.15, 0.2) is 22.8 Å². The van der Waals surface area contributed by atoms with Gasteiger partial charge in [-0.3, -0.25) is 0 Å². The summed E-state index contributed by atoms with van der Waals surface area (Å²) in [4.78, 5) is 0. The second-order valence-electron chi connectivity index (χ2n) is 21.2. The molecule has 17 aromatic rings. The predicted molar refractivity (Wildman–Crippen MR) is 334 cm³/mol. The lowest BCUT2D eigenvalue weighted by Gasteiger charge is -2.23. The van der Waals surface area contributed by atoms with Crippen LogP contribution < -0.4 is 0 Å². The Labute approximate surface area is 482 Å². The van der Waals surface area contributed by atoms with Crippen LogP contribution in [0.15, 0.2) is 251 Å². The first-order valence-electron chi connectivity index (χ1n) is 27.8. The minimum atomic E-state index is -1.70. The number of para-hydroxylation sites is 8. The van der Waals surface area contributed by atoms with Crippen molar-refractivity contribution in [3.05, 3.63) is 282 Å². The summed E-state index contributed by atoms with van der Waals surface area (Å²) >= 11 is 0. The van der Waals surface area contributed by atoms with E-state index in [1.54, 1.807) is 24.3 Å². The smallest absolute Gasteiger partial charge is 0.205 e. The molecule has 0 saturated carbocycles. The number of halogens is 3. The van der Waals surface area contributed by atoms with E-state index in [4.69, 9.17) is 14.1 Å². The van der Waals surface area contributed by atoms with Crippen molar-refractivity contribution in [2.24, 2.45) is 0 Å². The maximum atomic E-state index is 13.6. The zero-order valence-corrected chi connectivity index (χ0v) is 45.0. The molecule has 18 rings (SSSR count). The molecule has 0 aliphatic heterocycles. The maximum absolute atomic E-state index is 13.6. The third kappa shape index (κ3) is 7.26. The van der Waals surface area contributed by atoms with Crippen LogP contribution in [0.25, 0.3) is 137 Å². The van der Waals surface area contributed by atoms with Crippen LogP contribution in [0.1, 0.15) is 22.3 Å². The van der Waals surface area contributed by atoms with Crippen molar-refractivity contribution >= 4 is 109 Å². The Morgan fingerprint density at radius 1 is 0.306 bits per heavy atom. The Bertz CT molecular complexity index is 5540. The Morgan fingerprint density at radius 3 is 1.04 bits per heavy atom. The number of fused-ring (bicyclic) bond motifs is 18. The van der Waals surface area contributed by atoms with Crippen molar-refractivity contribution in [3.8, 4) is 40.3 Å². The van der Waals surface area contributed by atoms with Gasteiger partial charge in [-0.2, -0.15) is 14.9 Å². The fraction of sp³-hybridized carbons (Fsp3) is 0.0133. The quantitative estimate of drug-likeness (QED) is 0.165. The van der Waals surface area contributed by atoms with Gasteiger partial charge in [0.2, 0.25) is 5.82 Å². The minimum absolute atomic E-state index is 0.0375. The molecule has 0 unspecified atom stereocenters. The van der Waals surface area contributed by atoms with Gasteiger partial charge < -0.3 is 22.5 Å². The SMILES string of the molecule is N#Cc1c(-n2c3ccccc3c3ccccc32)c(-n2c3ccccc3c3ccccc32)c(-n2c3ccccc3c3ccccc32)c2oc3ccccc3c12.N#Cc1c(F)c(F)c(F)c2oc3ccccc3c12.c1ccc2c(c1)Cc1ccccc1-2. The molecule has 1 aliphatic rings. The Balaban J connectivity index is 0.000000153. The lowest BCUT2D eigenvalue weighted by molar-refractivity contribution is 0.443. The molecule has 0 amide bonds. The van der Waals surface area contributed by atoms with Gasteiger partial charge in [0.05, 0.1) is 60.8 Å². The number of nitrogens with zero attached hydrogens (tertiary/aromatic N) is 5. The Kier molecular flexibility index (Phi) is 11.2. The van der Waals surface area contributed by atoms with Gasteiger partial charge in [-0.05, 0) is 77.2 Å². The van der Waals surface area contributed by atoms with Gasteiger partial charge in [-0.25, -0.2) is 8.78 Å². The average molecular weight is 1100 g/mol. The highest BCUT2D eigenvalue weighted by atomic mass is 19.2. The van der Waals surface area contributed by atoms with Crippen LogP contribution in [0.4, 0.5) is 13.2 Å². The first kappa shape index (κ1) is 49.2. The summed E-state index contributed by atoms with van der Waals surface area (Å²) in [5, 5.41) is 29.4. The molecule has 5 aromatic heterocycles. The molecule has 0 saturated heterocycles. The van der Waals surface area contributed by atoms with Crippen LogP contribution in [0.3, 0.4) is 0 Å². The summed E-state index contributed by atoms with van der Waals surface area (Å²) < 4.78 is 59.6. The number of benzene rings is 12. The van der Waals surface area contributed by atoms with Gasteiger partial charge in [-0.15, -0.1) is 0 Å². The fourth-order valence-electron chi connectivity index (χ4n) is 13.2. The van der Waals surface area contributed by atoms with E-state index in [9.17, 15) is 18.4 Å². The predicted octanol–water partition coefficient (Wildman–Crippen LogP) is 19.9. The lowest BCUT2D eigenvalue weighted by atomic mass is 10.0. The number of hydrogen-bond donors (Lipinski definition) is 0. The van der Waals surface area contributed by atoms with E-state index in [2.05, 4.69) is 220 Å². The van der Waals surface area contributed by atoms with E-state index >= 15 is 0 Å². The van der Waals surface area contributed by atoms with Crippen LogP contribution in [0.5, 0.6) is 0 Å². The zero-order chi connectivity index (χ0) is 57.0. The van der Waals surface area contributed by atoms with Crippen molar-refractivity contribution < 1.29 is 22.0 Å². The summed E-state index contributed by atoms with van der Waals surface area (Å²) in [5.74, 6) is -4.61. The van der Waals surface area contributed by atoms with Crippen LogP contribution in [0, 0.1) is 40.1 Å². The standard InChI is InChI=1S/C49H28N4O.C13H4F3NO.C13H10/c50-29-37-45-36-21-7-14-28-44(36)54-49(45)48(53-42-26-12-5-19-34(42)35-20-6-13-27-43(35)53)47(52-40-24-10-3-17-32(40)33-18-4-11-25-41(33)52)46(37)51-38-22-8-1-15-30(38)31-16-2-9-23-39(31)51;14-10-7(5-17)9-6-3-1-2-4-8(6)18-13(9)12(16)11(10)15;1-3-7-12-10(5-1)9-11-6-2-4-8-13(11)12/h1-28H;1-4H;1-8H,9H2. The molecule has 85 heavy (non-hydrogen) atoms. The van der Waals surface area contributed by atoms with Crippen LogP contribution >= 0.6 is 0 Å². The molecule has 0 fully saturated rings. The zero-order valence-electron chi connectivity index (χ0n) is 45.0. The van der Waals surface area contributed by atoms with E-state index < -0.39 is 28.6 Å². The molecular weight excluding hydrogens is 1060 g/mol. The third-order valence-electron chi connectivity index (χ3n) is 16.7. The number of aromatic nitrogens is 3. The molecular formula is C75H42F3N5O2. The van der Waals surface area contributed by atoms with Gasteiger partial charge in [-0.1, -0.05) is 194 Å². The van der Waals surface area contributed by atoms with Crippen molar-refractivity contribution in [1.29, 1.82) is 10.5 Å². The number of nitriles is 2. The summed E-state index contributed by atoms with van der Waals surface area (Å²) in [5.41, 5.74) is 15.8. The van der Waals surface area contributed by atoms with Crippen LogP contribution in [-0.4, -0.2) is 13.7 Å². The highest BCUT2D eigenvalue weighted by Gasteiger charge is 2.33. The van der Waals surface area contributed by atoms with Crippen LogP contribution in [-0.2, 0) is 6.42 Å². The van der Waals surface area contributed by atoms with Gasteiger partial charge in [0.25, 0.3) is 0 Å². The molecule has 400 valence electrons. The van der Waals surface area contributed by atoms with Crippen molar-refractivity contribution in [2.45, 2.75) is 6.42 Å². The van der Waals surface area contributed by atoms with E-state index in [0.29, 0.717) is 16.5 Å². The van der Waals surface area contributed by atoms with Crippen molar-refractivity contribution in [2.75, 3.05) is 0 Å². The molecule has 10 heteroatoms. The monoisotopic (exact) mass is 1100 g/mol. The van der Waals surface area contributed by atoms with E-state index in [-0.39, 0.29) is 11.0 Å². The normalized spacial score (nSPS) is 11.9. The largest absolute Gasteiger partial charge is 0.454 e. The average Bonchev–Trinajstić information content (AvgIpc) is 1.81. The number of furan rings is 2. The molecule has 0 radical (unpaired) electrons. The number of rotatable bonds is 3. The molecule has 1 aliphatic carbocycles. The Morgan fingerprint density at radius 2 is 0.624 bits per heavy atom. The molecule has 7 nitrogen and oxygen atoms in total. The third-order valence-corrected chi connectivity index (χ3v) is 16.7. The molecule has 0 N–H and O–H groups in total. The van der Waals surface area contributed by atoms with Crippen molar-refractivity contribution in [1.82, 2.24) is 13.7 Å². The van der Waals surface area contributed by atoms with Gasteiger partial charge >= 0.3 is 0 Å². The highest BCUT2D eigenvalue weighted by Crippen LogP contribution is 2.50. The summed E-state index contributed by atoms with van der Waals surface area (Å²) in [6.07, 6.45) is 1.10. The molecule has 0 spiro atoms. The maximum Gasteiger partial charge on any atom is 0.205 e.